The van der Waals surface area contributed by atoms with Crippen LogP contribution >= 0.6 is 11.6 Å². The van der Waals surface area contributed by atoms with E-state index in [0.717, 1.165) is 12.1 Å². The fraction of sp³-hybridized carbons (Fsp3) is 0.364. The van der Waals surface area contributed by atoms with Crippen LogP contribution < -0.4 is 5.73 Å². The van der Waals surface area contributed by atoms with Crippen LogP contribution in [0.4, 0.5) is 13.2 Å². The molecule has 0 bridgehead atoms. The lowest BCUT2D eigenvalue weighted by atomic mass is 10.0. The highest BCUT2D eigenvalue weighted by molar-refractivity contribution is 6.31. The highest BCUT2D eigenvalue weighted by atomic mass is 35.5. The third-order valence-corrected chi connectivity index (χ3v) is 2.67. The summed E-state index contributed by atoms with van der Waals surface area (Å²) in [5.41, 5.74) is 4.83. The van der Waals surface area contributed by atoms with Gasteiger partial charge in [0.05, 0.1) is 24.1 Å². The molecule has 0 amide bonds. The van der Waals surface area contributed by atoms with Crippen LogP contribution in [-0.4, -0.2) is 13.1 Å². The summed E-state index contributed by atoms with van der Waals surface area (Å²) in [6, 6.07) is 2.44. The van der Waals surface area contributed by atoms with Crippen molar-refractivity contribution in [1.29, 1.82) is 0 Å². The SMILES string of the molecule is COC(=O)C[C@H](N)c1ccc(Cl)c(C(F)(F)F)c1. The van der Waals surface area contributed by atoms with Crippen molar-refractivity contribution in [2.45, 2.75) is 18.6 Å². The quantitative estimate of drug-likeness (QED) is 0.867. The number of rotatable bonds is 3. The van der Waals surface area contributed by atoms with E-state index >= 15 is 0 Å². The van der Waals surface area contributed by atoms with E-state index in [2.05, 4.69) is 4.74 Å². The summed E-state index contributed by atoms with van der Waals surface area (Å²) < 4.78 is 42.2. The van der Waals surface area contributed by atoms with Gasteiger partial charge in [-0.05, 0) is 17.7 Å². The van der Waals surface area contributed by atoms with Crippen molar-refractivity contribution in [3.8, 4) is 0 Å². The molecule has 100 valence electrons. The molecule has 0 aliphatic rings. The average Bonchev–Trinajstić information content (AvgIpc) is 2.27. The minimum Gasteiger partial charge on any atom is -0.469 e. The Hall–Kier alpha value is -1.27. The monoisotopic (exact) mass is 281 g/mol. The number of halogens is 4. The Morgan fingerprint density at radius 1 is 1.50 bits per heavy atom. The summed E-state index contributed by atoms with van der Waals surface area (Å²) in [6.07, 6.45) is -4.76. The van der Waals surface area contributed by atoms with Gasteiger partial charge in [-0.25, -0.2) is 0 Å². The van der Waals surface area contributed by atoms with E-state index in [1.807, 2.05) is 0 Å². The Morgan fingerprint density at radius 3 is 2.61 bits per heavy atom. The van der Waals surface area contributed by atoms with Gasteiger partial charge in [-0.15, -0.1) is 0 Å². The topological polar surface area (TPSA) is 52.3 Å². The molecule has 3 nitrogen and oxygen atoms in total. The maximum absolute atomic E-state index is 12.6. The minimum absolute atomic E-state index is 0.178. The molecule has 1 atom stereocenters. The molecule has 0 aliphatic carbocycles. The number of benzene rings is 1. The molecular weight excluding hydrogens is 271 g/mol. The third-order valence-electron chi connectivity index (χ3n) is 2.34. The molecule has 1 rings (SSSR count). The number of esters is 1. The molecule has 0 aromatic heterocycles. The molecule has 0 unspecified atom stereocenters. The van der Waals surface area contributed by atoms with Gasteiger partial charge in [0.15, 0.2) is 0 Å². The first-order chi connectivity index (χ1) is 8.25. The largest absolute Gasteiger partial charge is 0.469 e. The first-order valence-corrected chi connectivity index (χ1v) is 5.32. The van der Waals surface area contributed by atoms with Gasteiger partial charge in [0.2, 0.25) is 0 Å². The first-order valence-electron chi connectivity index (χ1n) is 4.94. The van der Waals surface area contributed by atoms with Crippen LogP contribution in [0, 0.1) is 0 Å². The third kappa shape index (κ3) is 3.61. The molecule has 1 aromatic rings. The fourth-order valence-electron chi connectivity index (χ4n) is 1.37. The van der Waals surface area contributed by atoms with Crippen molar-refractivity contribution in [1.82, 2.24) is 0 Å². The Morgan fingerprint density at radius 2 is 2.11 bits per heavy atom. The Balaban J connectivity index is 3.01. The molecule has 0 saturated heterocycles. The van der Waals surface area contributed by atoms with E-state index in [9.17, 15) is 18.0 Å². The number of hydrogen-bond acceptors (Lipinski definition) is 3. The van der Waals surface area contributed by atoms with Gasteiger partial charge in [0.1, 0.15) is 0 Å². The number of hydrogen-bond donors (Lipinski definition) is 1. The van der Waals surface area contributed by atoms with E-state index in [0.29, 0.717) is 0 Å². The maximum atomic E-state index is 12.6. The van der Waals surface area contributed by atoms with E-state index in [1.165, 1.54) is 13.2 Å². The zero-order valence-corrected chi connectivity index (χ0v) is 10.2. The van der Waals surface area contributed by atoms with Gasteiger partial charge in [-0.3, -0.25) is 4.79 Å². The van der Waals surface area contributed by atoms with Crippen LogP contribution in [0.2, 0.25) is 5.02 Å². The Bertz CT molecular complexity index is 448. The second-order valence-electron chi connectivity index (χ2n) is 3.62. The predicted octanol–water partition coefficient (Wildman–Crippen LogP) is 2.92. The molecule has 0 heterocycles. The number of methoxy groups -OCH3 is 1. The molecule has 7 heteroatoms. The summed E-state index contributed by atoms with van der Waals surface area (Å²) >= 11 is 5.47. The number of carbonyl (C=O) groups is 1. The lowest BCUT2D eigenvalue weighted by Crippen LogP contribution is -2.17. The van der Waals surface area contributed by atoms with Gasteiger partial charge >= 0.3 is 12.1 Å². The molecule has 0 aliphatic heterocycles. The average molecular weight is 282 g/mol. The van der Waals surface area contributed by atoms with Crippen LogP contribution in [0.3, 0.4) is 0 Å². The Kier molecular flexibility index (Phi) is 4.59. The molecular formula is C11H11ClF3NO2. The van der Waals surface area contributed by atoms with Gasteiger partial charge in [0.25, 0.3) is 0 Å². The normalized spacial score (nSPS) is 13.2. The van der Waals surface area contributed by atoms with Gasteiger partial charge in [-0.2, -0.15) is 13.2 Å². The summed E-state index contributed by atoms with van der Waals surface area (Å²) in [5, 5.41) is -0.406. The van der Waals surface area contributed by atoms with Crippen LogP contribution in [0.1, 0.15) is 23.6 Å². The Labute approximate surface area is 107 Å². The van der Waals surface area contributed by atoms with Gasteiger partial charge < -0.3 is 10.5 Å². The van der Waals surface area contributed by atoms with Gasteiger partial charge in [-0.1, -0.05) is 17.7 Å². The molecule has 0 radical (unpaired) electrons. The molecule has 18 heavy (non-hydrogen) atoms. The van der Waals surface area contributed by atoms with E-state index in [4.69, 9.17) is 17.3 Å². The molecule has 0 spiro atoms. The van der Waals surface area contributed by atoms with E-state index in [-0.39, 0.29) is 12.0 Å². The number of carbonyl (C=O) groups excluding carboxylic acids is 1. The zero-order valence-electron chi connectivity index (χ0n) is 9.42. The number of ether oxygens (including phenoxy) is 1. The van der Waals surface area contributed by atoms with Crippen LogP contribution in [0.25, 0.3) is 0 Å². The number of alkyl halides is 3. The molecule has 1 aromatic carbocycles. The highest BCUT2D eigenvalue weighted by Crippen LogP contribution is 2.36. The van der Waals surface area contributed by atoms with Crippen LogP contribution in [-0.2, 0) is 15.7 Å². The van der Waals surface area contributed by atoms with Crippen molar-refractivity contribution >= 4 is 17.6 Å². The first kappa shape index (κ1) is 14.8. The van der Waals surface area contributed by atoms with E-state index in [1.54, 1.807) is 0 Å². The lowest BCUT2D eigenvalue weighted by Gasteiger charge is -2.14. The van der Waals surface area contributed by atoms with Crippen molar-refractivity contribution in [3.63, 3.8) is 0 Å². The van der Waals surface area contributed by atoms with Crippen molar-refractivity contribution in [2.75, 3.05) is 7.11 Å². The van der Waals surface area contributed by atoms with Crippen molar-refractivity contribution in [3.05, 3.63) is 34.3 Å². The second-order valence-corrected chi connectivity index (χ2v) is 4.03. The van der Waals surface area contributed by atoms with Crippen molar-refractivity contribution < 1.29 is 22.7 Å². The smallest absolute Gasteiger partial charge is 0.417 e. The van der Waals surface area contributed by atoms with Crippen molar-refractivity contribution in [2.24, 2.45) is 5.73 Å². The fourth-order valence-corrected chi connectivity index (χ4v) is 1.60. The summed E-state index contributed by atoms with van der Waals surface area (Å²) in [4.78, 5) is 11.0. The zero-order chi connectivity index (χ0) is 13.9. The second kappa shape index (κ2) is 5.58. The van der Waals surface area contributed by atoms with Gasteiger partial charge in [0, 0.05) is 6.04 Å². The molecule has 0 saturated carbocycles. The summed E-state index contributed by atoms with van der Waals surface area (Å²) in [5.74, 6) is -0.592. The van der Waals surface area contributed by atoms with Crippen LogP contribution in [0.15, 0.2) is 18.2 Å². The standard InChI is InChI=1S/C11H11ClF3NO2/c1-18-10(17)5-9(16)6-2-3-8(12)7(4-6)11(13,14)15/h2-4,9H,5,16H2,1H3/t9-/m0/s1. The van der Waals surface area contributed by atoms with E-state index < -0.39 is 28.8 Å². The molecule has 2 N–H and O–H groups in total. The lowest BCUT2D eigenvalue weighted by molar-refractivity contribution is -0.141. The maximum Gasteiger partial charge on any atom is 0.417 e. The highest BCUT2D eigenvalue weighted by Gasteiger charge is 2.33. The molecule has 0 fully saturated rings. The number of nitrogens with two attached hydrogens (primary N) is 1. The minimum atomic E-state index is -4.56. The summed E-state index contributed by atoms with van der Waals surface area (Å²) in [7, 11) is 1.18. The predicted molar refractivity (Wildman–Crippen MR) is 60.0 cm³/mol. The van der Waals surface area contributed by atoms with Crippen LogP contribution in [0.5, 0.6) is 0 Å². The summed E-state index contributed by atoms with van der Waals surface area (Å²) in [6.45, 7) is 0.